The fourth-order valence-electron chi connectivity index (χ4n) is 1.89. The summed E-state index contributed by atoms with van der Waals surface area (Å²) in [7, 11) is 3.60. The Morgan fingerprint density at radius 1 is 1.24 bits per heavy atom. The first-order chi connectivity index (χ1) is 7.62. The van der Waals surface area contributed by atoms with Crippen LogP contribution in [0.5, 0.6) is 0 Å². The molecule has 0 radical (unpaired) electrons. The molecule has 0 aromatic carbocycles. The molecule has 0 saturated heterocycles. The fourth-order valence-corrected chi connectivity index (χ4v) is 1.89. The Labute approximate surface area is 103 Å². The van der Waals surface area contributed by atoms with E-state index in [1.54, 1.807) is 14.1 Å². The van der Waals surface area contributed by atoms with Crippen molar-refractivity contribution < 1.29 is 24.3 Å². The van der Waals surface area contributed by atoms with Crippen LogP contribution in [0.2, 0.25) is 0 Å². The summed E-state index contributed by atoms with van der Waals surface area (Å²) in [5, 5.41) is 19.8. The number of ketones is 1. The van der Waals surface area contributed by atoms with Crippen LogP contribution in [-0.4, -0.2) is 54.6 Å². The van der Waals surface area contributed by atoms with Gasteiger partial charge in [-0.2, -0.15) is 0 Å². The number of carboxylic acid groups (broad SMARTS) is 1. The third-order valence-corrected chi connectivity index (χ3v) is 2.35. The Morgan fingerprint density at radius 2 is 1.76 bits per heavy atom. The molecule has 0 fully saturated rings. The molecule has 1 N–H and O–H groups in total. The van der Waals surface area contributed by atoms with Crippen LogP contribution in [0.1, 0.15) is 26.7 Å². The zero-order chi connectivity index (χ0) is 13.6. The smallest absolute Gasteiger partial charge is 0.187 e. The summed E-state index contributed by atoms with van der Waals surface area (Å²) < 4.78 is 0.292. The second kappa shape index (κ2) is 6.71. The molecule has 0 aliphatic rings. The lowest BCUT2D eigenvalue weighted by Crippen LogP contribution is -2.49. The summed E-state index contributed by atoms with van der Waals surface area (Å²) in [6.07, 6.45) is -0.847. The van der Waals surface area contributed by atoms with Crippen LogP contribution in [0.3, 0.4) is 0 Å². The molecule has 0 spiro atoms. The molecule has 0 bridgehead atoms. The van der Waals surface area contributed by atoms with E-state index in [-0.39, 0.29) is 18.7 Å². The number of hydrogen-bond donors (Lipinski definition) is 1. The number of likely N-dealkylation sites (N-methyl/N-ethyl adjacent to an activating group) is 1. The van der Waals surface area contributed by atoms with Gasteiger partial charge >= 0.3 is 0 Å². The van der Waals surface area contributed by atoms with Gasteiger partial charge in [0.1, 0.15) is 19.2 Å². The number of hydrogen-bond acceptors (Lipinski definition) is 4. The molecule has 0 aromatic heterocycles. The number of quaternary nitrogens is 1. The number of aliphatic hydroxyl groups is 1. The lowest BCUT2D eigenvalue weighted by Gasteiger charge is -2.31. The van der Waals surface area contributed by atoms with Gasteiger partial charge < -0.3 is 19.5 Å². The maximum atomic E-state index is 11.6. The summed E-state index contributed by atoms with van der Waals surface area (Å²) in [6.45, 7) is 4.49. The summed E-state index contributed by atoms with van der Waals surface area (Å²) in [5.41, 5.74) is 0. The normalized spacial score (nSPS) is 13.8. The summed E-state index contributed by atoms with van der Waals surface area (Å²) in [5.74, 6) is -0.827. The molecule has 1 unspecified atom stereocenters. The van der Waals surface area contributed by atoms with E-state index >= 15 is 0 Å². The van der Waals surface area contributed by atoms with Gasteiger partial charge in [0.2, 0.25) is 0 Å². The first-order valence-corrected chi connectivity index (χ1v) is 5.84. The Kier molecular flexibility index (Phi) is 6.34. The zero-order valence-electron chi connectivity index (χ0n) is 11.1. The maximum absolute atomic E-state index is 11.6. The molecule has 5 heteroatoms. The Bertz CT molecular complexity index is 274. The van der Waals surface area contributed by atoms with Gasteiger partial charge in [-0.15, -0.1) is 0 Å². The monoisotopic (exact) mass is 245 g/mol. The van der Waals surface area contributed by atoms with E-state index in [0.717, 1.165) is 0 Å². The molecule has 0 heterocycles. The fraction of sp³-hybridized carbons (Fsp3) is 0.833. The van der Waals surface area contributed by atoms with E-state index in [9.17, 15) is 19.8 Å². The van der Waals surface area contributed by atoms with Crippen LogP contribution in [0, 0.1) is 5.92 Å². The second-order valence-electron chi connectivity index (χ2n) is 5.64. The van der Waals surface area contributed by atoms with Crippen LogP contribution < -0.4 is 5.11 Å². The zero-order valence-corrected chi connectivity index (χ0v) is 11.1. The largest absolute Gasteiger partial charge is 0.550 e. The van der Waals surface area contributed by atoms with Crippen LogP contribution in [-0.2, 0) is 9.59 Å². The molecule has 0 aliphatic heterocycles. The first kappa shape index (κ1) is 16.1. The van der Waals surface area contributed by atoms with Crippen molar-refractivity contribution in [2.75, 3.05) is 27.2 Å². The Balaban J connectivity index is 4.18. The maximum Gasteiger partial charge on any atom is 0.187 e. The molecule has 0 saturated carbocycles. The third-order valence-electron chi connectivity index (χ3n) is 2.35. The topological polar surface area (TPSA) is 77.4 Å². The minimum Gasteiger partial charge on any atom is -0.550 e. The van der Waals surface area contributed by atoms with E-state index in [1.165, 1.54) is 0 Å². The standard InChI is InChI=1S/C12H23NO4/c1-9(2)5-10(14)7-13(3,4)8-11(15)6-12(16)17/h9,11,15H,5-8H2,1-4H3. The molecule has 100 valence electrons. The number of carbonyl (C=O) groups is 2. The average Bonchev–Trinajstić information content (AvgIpc) is 1.95. The van der Waals surface area contributed by atoms with Gasteiger partial charge in [-0.3, -0.25) is 4.79 Å². The first-order valence-electron chi connectivity index (χ1n) is 5.84. The van der Waals surface area contributed by atoms with E-state index in [2.05, 4.69) is 0 Å². The summed E-state index contributed by atoms with van der Waals surface area (Å²) >= 11 is 0. The van der Waals surface area contributed by atoms with Gasteiger partial charge in [-0.25, -0.2) is 0 Å². The lowest BCUT2D eigenvalue weighted by atomic mass is 10.1. The van der Waals surface area contributed by atoms with E-state index in [1.807, 2.05) is 13.8 Å². The van der Waals surface area contributed by atoms with Crippen LogP contribution in [0.25, 0.3) is 0 Å². The van der Waals surface area contributed by atoms with Crippen molar-refractivity contribution in [2.45, 2.75) is 32.8 Å². The molecule has 0 aliphatic carbocycles. The van der Waals surface area contributed by atoms with Gasteiger partial charge in [0.15, 0.2) is 5.78 Å². The molecule has 5 nitrogen and oxygen atoms in total. The van der Waals surface area contributed by atoms with Gasteiger partial charge in [0, 0.05) is 18.8 Å². The highest BCUT2D eigenvalue weighted by atomic mass is 16.4. The van der Waals surface area contributed by atoms with E-state index in [4.69, 9.17) is 0 Å². The quantitative estimate of drug-likeness (QED) is 0.567. The van der Waals surface area contributed by atoms with Crippen molar-refractivity contribution in [2.24, 2.45) is 5.92 Å². The Hall–Kier alpha value is -0.940. The van der Waals surface area contributed by atoms with Crippen molar-refractivity contribution >= 4 is 11.8 Å². The molecule has 0 aromatic rings. The number of nitrogens with zero attached hydrogens (tertiary/aromatic N) is 1. The highest BCUT2D eigenvalue weighted by Gasteiger charge is 2.24. The number of Topliss-reactive ketones (excluding diaryl/α,β-unsaturated/α-hetero) is 1. The van der Waals surface area contributed by atoms with Crippen molar-refractivity contribution in [3.8, 4) is 0 Å². The van der Waals surface area contributed by atoms with Crippen molar-refractivity contribution in [1.29, 1.82) is 0 Å². The van der Waals surface area contributed by atoms with Gasteiger partial charge in [-0.05, 0) is 5.92 Å². The second-order valence-corrected chi connectivity index (χ2v) is 5.64. The number of aliphatic hydroxyl groups excluding tert-OH is 1. The molecule has 0 rings (SSSR count). The van der Waals surface area contributed by atoms with Gasteiger partial charge in [-0.1, -0.05) is 13.8 Å². The van der Waals surface area contributed by atoms with Crippen molar-refractivity contribution in [3.05, 3.63) is 0 Å². The van der Waals surface area contributed by atoms with Crippen molar-refractivity contribution in [3.63, 3.8) is 0 Å². The van der Waals surface area contributed by atoms with Crippen LogP contribution in [0.4, 0.5) is 0 Å². The third kappa shape index (κ3) is 8.83. The Morgan fingerprint density at radius 3 is 2.18 bits per heavy atom. The number of carbonyl (C=O) groups excluding carboxylic acids is 2. The molecular formula is C12H23NO4. The minimum atomic E-state index is -1.27. The predicted molar refractivity (Wildman–Crippen MR) is 61.9 cm³/mol. The number of carboxylic acids is 1. The molecule has 1 atom stereocenters. The predicted octanol–water partition coefficient (Wildman–Crippen LogP) is -0.821. The summed E-state index contributed by atoms with van der Waals surface area (Å²) in [6, 6.07) is 0. The molecular weight excluding hydrogens is 222 g/mol. The van der Waals surface area contributed by atoms with Crippen LogP contribution in [0.15, 0.2) is 0 Å². The SMILES string of the molecule is CC(C)CC(=O)C[N+](C)(C)CC(O)CC(=O)[O-]. The minimum absolute atomic E-state index is 0.130. The van der Waals surface area contributed by atoms with Crippen LogP contribution >= 0.6 is 0 Å². The molecule has 0 amide bonds. The number of aliphatic carboxylic acids is 1. The number of rotatable bonds is 8. The summed E-state index contributed by atoms with van der Waals surface area (Å²) in [4.78, 5) is 22.0. The lowest BCUT2D eigenvalue weighted by molar-refractivity contribution is -0.885. The average molecular weight is 245 g/mol. The van der Waals surface area contributed by atoms with Gasteiger partial charge in [0.05, 0.1) is 14.1 Å². The highest BCUT2D eigenvalue weighted by molar-refractivity contribution is 5.79. The van der Waals surface area contributed by atoms with E-state index in [0.29, 0.717) is 23.4 Å². The highest BCUT2D eigenvalue weighted by Crippen LogP contribution is 2.07. The molecule has 17 heavy (non-hydrogen) atoms. The van der Waals surface area contributed by atoms with Gasteiger partial charge in [0.25, 0.3) is 0 Å². The van der Waals surface area contributed by atoms with E-state index < -0.39 is 12.1 Å². The van der Waals surface area contributed by atoms with Crippen molar-refractivity contribution in [1.82, 2.24) is 0 Å².